The first-order chi connectivity index (χ1) is 20.2. The summed E-state index contributed by atoms with van der Waals surface area (Å²) in [7, 11) is -6.68. The van der Waals surface area contributed by atoms with E-state index in [2.05, 4.69) is 4.90 Å². The number of sulfone groups is 2. The van der Waals surface area contributed by atoms with Crippen LogP contribution in [0, 0.1) is 11.6 Å². The Labute approximate surface area is 253 Å². The molecule has 0 N–H and O–H groups in total. The lowest BCUT2D eigenvalue weighted by molar-refractivity contribution is -0.133. The number of carbonyl (C=O) groups is 1. The van der Waals surface area contributed by atoms with E-state index in [0.717, 1.165) is 55.6 Å². The van der Waals surface area contributed by atoms with Crippen LogP contribution in [-0.2, 0) is 30.9 Å². The molecule has 43 heavy (non-hydrogen) atoms. The van der Waals surface area contributed by atoms with Gasteiger partial charge in [-0.25, -0.2) is 25.6 Å². The van der Waals surface area contributed by atoms with Crippen molar-refractivity contribution in [3.05, 3.63) is 95.1 Å². The van der Waals surface area contributed by atoms with Gasteiger partial charge in [-0.2, -0.15) is 0 Å². The molecule has 1 fully saturated rings. The van der Waals surface area contributed by atoms with Gasteiger partial charge in [-0.05, 0) is 85.8 Å². The predicted octanol–water partition coefficient (Wildman–Crippen LogP) is 4.85. The minimum Gasteiger partial charge on any atom is -0.340 e. The van der Waals surface area contributed by atoms with E-state index in [4.69, 9.17) is 0 Å². The third-order valence-electron chi connectivity index (χ3n) is 8.10. The standard InChI is InChI=1S/C32H38F2N2O5S2/c1-4-36(32(37)19-23-5-9-29(10-6-23)42(2,38)39)28-13-16-35(17-14-28)18-15-31(25-20-26(33)22-27(34)21-25)24-7-11-30(12-8-24)43(3,40)41/h5-12,20-22,28,31H,4,13-19H2,1-3H3/t31-/m0/s1. The summed E-state index contributed by atoms with van der Waals surface area (Å²) in [6.07, 6.45) is 4.63. The molecule has 0 bridgehead atoms. The highest BCUT2D eigenvalue weighted by atomic mass is 32.2. The fourth-order valence-corrected chi connectivity index (χ4v) is 7.05. The Morgan fingerprint density at radius 2 is 1.35 bits per heavy atom. The normalized spacial score (nSPS) is 15.7. The van der Waals surface area contributed by atoms with E-state index in [1.54, 1.807) is 24.3 Å². The number of amides is 1. The Bertz CT molecular complexity index is 1620. The Morgan fingerprint density at radius 1 is 0.837 bits per heavy atom. The van der Waals surface area contributed by atoms with Crippen LogP contribution in [0.25, 0.3) is 0 Å². The fraction of sp³-hybridized carbons (Fsp3) is 0.406. The number of likely N-dealkylation sites (N-methyl/N-ethyl adjacent to an activating group) is 1. The van der Waals surface area contributed by atoms with Crippen molar-refractivity contribution < 1.29 is 30.4 Å². The Kier molecular flexibility index (Phi) is 10.4. The quantitative estimate of drug-likeness (QED) is 0.300. The summed E-state index contributed by atoms with van der Waals surface area (Å²) in [5, 5.41) is 0. The van der Waals surface area contributed by atoms with Crippen LogP contribution in [0.4, 0.5) is 8.78 Å². The van der Waals surface area contributed by atoms with E-state index >= 15 is 0 Å². The highest BCUT2D eigenvalue weighted by molar-refractivity contribution is 7.91. The number of benzene rings is 3. The zero-order valence-corrected chi connectivity index (χ0v) is 26.3. The third kappa shape index (κ3) is 8.70. The molecule has 1 atom stereocenters. The molecule has 11 heteroatoms. The van der Waals surface area contributed by atoms with Gasteiger partial charge in [-0.1, -0.05) is 24.3 Å². The van der Waals surface area contributed by atoms with Crippen molar-refractivity contribution in [3.8, 4) is 0 Å². The monoisotopic (exact) mass is 632 g/mol. The maximum atomic E-state index is 14.2. The number of piperidine rings is 1. The molecule has 3 aromatic rings. The first kappa shape index (κ1) is 32.8. The van der Waals surface area contributed by atoms with E-state index in [1.165, 1.54) is 36.4 Å². The van der Waals surface area contributed by atoms with Gasteiger partial charge in [0.05, 0.1) is 16.2 Å². The minimum absolute atomic E-state index is 0.00112. The molecule has 0 saturated carbocycles. The summed E-state index contributed by atoms with van der Waals surface area (Å²) in [4.78, 5) is 17.8. The van der Waals surface area contributed by atoms with Crippen LogP contribution < -0.4 is 0 Å². The van der Waals surface area contributed by atoms with Gasteiger partial charge in [0.25, 0.3) is 0 Å². The van der Waals surface area contributed by atoms with Gasteiger partial charge in [-0.15, -0.1) is 0 Å². The Balaban J connectivity index is 1.39. The second kappa shape index (κ2) is 13.7. The van der Waals surface area contributed by atoms with E-state index in [1.807, 2.05) is 11.8 Å². The third-order valence-corrected chi connectivity index (χ3v) is 10.4. The van der Waals surface area contributed by atoms with Gasteiger partial charge in [0.15, 0.2) is 19.7 Å². The van der Waals surface area contributed by atoms with E-state index in [0.29, 0.717) is 25.1 Å². The smallest absolute Gasteiger partial charge is 0.227 e. The average molecular weight is 633 g/mol. The minimum atomic E-state index is -3.38. The molecule has 4 rings (SSSR count). The molecule has 1 heterocycles. The molecule has 0 unspecified atom stereocenters. The topological polar surface area (TPSA) is 91.8 Å². The first-order valence-electron chi connectivity index (χ1n) is 14.3. The SMILES string of the molecule is CCN(C(=O)Cc1ccc(S(C)(=O)=O)cc1)C1CCN(CC[C@@H](c2ccc(S(C)(=O)=O)cc2)c2cc(F)cc(F)c2)CC1. The molecule has 0 radical (unpaired) electrons. The van der Waals surface area contributed by atoms with Crippen molar-refractivity contribution in [1.82, 2.24) is 9.80 Å². The average Bonchev–Trinajstić information content (AvgIpc) is 2.93. The first-order valence-corrected chi connectivity index (χ1v) is 18.1. The van der Waals surface area contributed by atoms with Crippen LogP contribution in [0.1, 0.15) is 48.8 Å². The lowest BCUT2D eigenvalue weighted by Gasteiger charge is -2.38. The van der Waals surface area contributed by atoms with E-state index in [-0.39, 0.29) is 34.1 Å². The van der Waals surface area contributed by atoms with Gasteiger partial charge in [-0.3, -0.25) is 4.79 Å². The van der Waals surface area contributed by atoms with Gasteiger partial charge in [0, 0.05) is 50.2 Å². The number of rotatable bonds is 11. The number of hydrogen-bond acceptors (Lipinski definition) is 6. The van der Waals surface area contributed by atoms with Crippen molar-refractivity contribution >= 4 is 25.6 Å². The number of carbonyl (C=O) groups excluding carboxylic acids is 1. The molecule has 232 valence electrons. The molecular weight excluding hydrogens is 594 g/mol. The largest absolute Gasteiger partial charge is 0.340 e. The lowest BCUT2D eigenvalue weighted by Crippen LogP contribution is -2.48. The van der Waals surface area contributed by atoms with Gasteiger partial charge < -0.3 is 9.80 Å². The van der Waals surface area contributed by atoms with Crippen molar-refractivity contribution in [2.24, 2.45) is 0 Å². The number of hydrogen-bond donors (Lipinski definition) is 0. The summed E-state index contributed by atoms with van der Waals surface area (Å²) >= 11 is 0. The van der Waals surface area contributed by atoms with Crippen LogP contribution in [0.3, 0.4) is 0 Å². The second-order valence-corrected chi connectivity index (χ2v) is 15.3. The predicted molar refractivity (Wildman–Crippen MR) is 162 cm³/mol. The molecule has 1 aliphatic heterocycles. The van der Waals surface area contributed by atoms with Gasteiger partial charge >= 0.3 is 0 Å². The molecule has 0 spiro atoms. The zero-order chi connectivity index (χ0) is 31.4. The summed E-state index contributed by atoms with van der Waals surface area (Å²) in [5.74, 6) is -1.66. The lowest BCUT2D eigenvalue weighted by atomic mass is 9.88. The summed E-state index contributed by atoms with van der Waals surface area (Å²) in [6, 6.07) is 16.4. The fourth-order valence-electron chi connectivity index (χ4n) is 5.78. The zero-order valence-electron chi connectivity index (χ0n) is 24.7. The summed E-state index contributed by atoms with van der Waals surface area (Å²) in [6.45, 7) is 4.70. The maximum Gasteiger partial charge on any atom is 0.227 e. The maximum absolute atomic E-state index is 14.2. The summed E-state index contributed by atoms with van der Waals surface area (Å²) in [5.41, 5.74) is 2.03. The van der Waals surface area contributed by atoms with Gasteiger partial charge in [0.2, 0.25) is 5.91 Å². The van der Waals surface area contributed by atoms with Crippen molar-refractivity contribution in [1.29, 1.82) is 0 Å². The highest BCUT2D eigenvalue weighted by Crippen LogP contribution is 2.31. The number of halogens is 2. The van der Waals surface area contributed by atoms with Crippen LogP contribution in [0.15, 0.2) is 76.5 Å². The van der Waals surface area contributed by atoms with Crippen molar-refractivity contribution in [2.75, 3.05) is 38.7 Å². The van der Waals surface area contributed by atoms with Crippen LogP contribution in [0.2, 0.25) is 0 Å². The number of likely N-dealkylation sites (tertiary alicyclic amines) is 1. The van der Waals surface area contributed by atoms with E-state index in [9.17, 15) is 30.4 Å². The second-order valence-electron chi connectivity index (χ2n) is 11.2. The molecule has 0 aliphatic carbocycles. The van der Waals surface area contributed by atoms with Gasteiger partial charge in [0.1, 0.15) is 11.6 Å². The molecule has 1 aliphatic rings. The highest BCUT2D eigenvalue weighted by Gasteiger charge is 2.28. The Hall–Kier alpha value is -3.15. The Morgan fingerprint density at radius 3 is 1.84 bits per heavy atom. The molecule has 3 aromatic carbocycles. The van der Waals surface area contributed by atoms with Crippen LogP contribution in [0.5, 0.6) is 0 Å². The molecule has 1 amide bonds. The van der Waals surface area contributed by atoms with E-state index < -0.39 is 31.3 Å². The van der Waals surface area contributed by atoms with Crippen LogP contribution in [-0.4, -0.2) is 77.3 Å². The molecular formula is C32H38F2N2O5S2. The summed E-state index contributed by atoms with van der Waals surface area (Å²) < 4.78 is 75.6. The molecule has 1 saturated heterocycles. The van der Waals surface area contributed by atoms with Crippen LogP contribution >= 0.6 is 0 Å². The van der Waals surface area contributed by atoms with Crippen molar-refractivity contribution in [2.45, 2.75) is 54.4 Å². The van der Waals surface area contributed by atoms with Crippen molar-refractivity contribution in [3.63, 3.8) is 0 Å². The molecule has 0 aromatic heterocycles. The number of nitrogens with zero attached hydrogens (tertiary/aromatic N) is 2. The molecule has 7 nitrogen and oxygen atoms in total.